The molecule has 2 nitrogen and oxygen atoms in total. The molecule has 0 unspecified atom stereocenters. The van der Waals surface area contributed by atoms with Crippen LogP contribution in [0.25, 0.3) is 10.8 Å². The highest BCUT2D eigenvalue weighted by atomic mass is 19.3. The van der Waals surface area contributed by atoms with E-state index in [2.05, 4.69) is 0 Å². The van der Waals surface area contributed by atoms with E-state index in [9.17, 15) is 13.2 Å². The van der Waals surface area contributed by atoms with E-state index in [0.717, 1.165) is 12.0 Å². The molecule has 0 aromatic heterocycles. The summed E-state index contributed by atoms with van der Waals surface area (Å²) in [6.07, 6.45) is -2.89. The Morgan fingerprint density at radius 1 is 0.885 bits per heavy atom. The number of rotatable bonds is 6. The van der Waals surface area contributed by atoms with Crippen molar-refractivity contribution in [3.05, 3.63) is 71.5 Å². The van der Waals surface area contributed by atoms with E-state index in [1.807, 2.05) is 13.8 Å². The summed E-state index contributed by atoms with van der Waals surface area (Å²) in [5.41, 5.74) is 0.618. The van der Waals surface area contributed by atoms with Crippen LogP contribution in [-0.4, -0.2) is 6.61 Å². The molecule has 5 heteroatoms. The van der Waals surface area contributed by atoms with Gasteiger partial charge >= 0.3 is 6.11 Å². The van der Waals surface area contributed by atoms with Gasteiger partial charge < -0.3 is 9.47 Å². The van der Waals surface area contributed by atoms with Crippen LogP contribution in [0.2, 0.25) is 0 Å². The Morgan fingerprint density at radius 3 is 2.27 bits per heavy atom. The molecule has 0 spiro atoms. The third kappa shape index (κ3) is 3.77. The summed E-state index contributed by atoms with van der Waals surface area (Å²) in [6, 6.07) is 13.3. The Morgan fingerprint density at radius 2 is 1.62 bits per heavy atom. The third-order valence-corrected chi connectivity index (χ3v) is 4.11. The Hall–Kier alpha value is -2.69. The lowest BCUT2D eigenvalue weighted by atomic mass is 10.1. The van der Waals surface area contributed by atoms with E-state index in [0.29, 0.717) is 23.1 Å². The molecule has 0 aliphatic heterocycles. The van der Waals surface area contributed by atoms with E-state index in [4.69, 9.17) is 9.47 Å². The fraction of sp³-hybridized carbons (Fsp3) is 0.238. The van der Waals surface area contributed by atoms with Gasteiger partial charge in [0.25, 0.3) is 0 Å². The van der Waals surface area contributed by atoms with Crippen LogP contribution in [0.4, 0.5) is 13.2 Å². The van der Waals surface area contributed by atoms with Crippen LogP contribution < -0.4 is 9.47 Å². The topological polar surface area (TPSA) is 18.5 Å². The zero-order chi connectivity index (χ0) is 18.7. The Kier molecular flexibility index (Phi) is 5.07. The van der Waals surface area contributed by atoms with Gasteiger partial charge in [0.05, 0.1) is 12.2 Å². The molecule has 0 atom stereocenters. The van der Waals surface area contributed by atoms with E-state index < -0.39 is 17.7 Å². The van der Waals surface area contributed by atoms with Crippen molar-refractivity contribution in [3.63, 3.8) is 0 Å². The van der Waals surface area contributed by atoms with Crippen molar-refractivity contribution in [2.45, 2.75) is 26.4 Å². The number of hydrogen-bond acceptors (Lipinski definition) is 2. The van der Waals surface area contributed by atoms with E-state index >= 15 is 0 Å². The van der Waals surface area contributed by atoms with Crippen molar-refractivity contribution in [2.24, 2.45) is 0 Å². The SMILES string of the molecule is CCOc1ccc2cc(OC(F)(F)c3ccc(CC)cc3)c(F)cc2c1. The average Bonchev–Trinajstić information content (AvgIpc) is 2.62. The molecule has 0 aliphatic rings. The number of benzene rings is 3. The van der Waals surface area contributed by atoms with Crippen LogP contribution in [-0.2, 0) is 12.5 Å². The van der Waals surface area contributed by atoms with Gasteiger partial charge in [-0.05, 0) is 66.1 Å². The molecular formula is C21H19F3O2. The van der Waals surface area contributed by atoms with Gasteiger partial charge in [-0.1, -0.05) is 25.1 Å². The second kappa shape index (κ2) is 7.28. The molecule has 0 bridgehead atoms. The molecule has 26 heavy (non-hydrogen) atoms. The maximum absolute atomic E-state index is 14.4. The fourth-order valence-corrected chi connectivity index (χ4v) is 2.69. The largest absolute Gasteiger partial charge is 0.494 e. The first-order valence-electron chi connectivity index (χ1n) is 8.45. The molecule has 0 fully saturated rings. The lowest BCUT2D eigenvalue weighted by molar-refractivity contribution is -0.186. The van der Waals surface area contributed by atoms with Gasteiger partial charge in [0.1, 0.15) is 5.75 Å². The summed E-state index contributed by atoms with van der Waals surface area (Å²) in [5, 5.41) is 1.14. The number of ether oxygens (including phenoxy) is 2. The Labute approximate surface area is 150 Å². The van der Waals surface area contributed by atoms with Crippen molar-refractivity contribution in [2.75, 3.05) is 6.61 Å². The summed E-state index contributed by atoms with van der Waals surface area (Å²) in [5.74, 6) is -0.753. The minimum atomic E-state index is -3.63. The standard InChI is InChI=1S/C21H19F3O2/c1-3-14-5-8-17(9-6-14)21(23,24)26-20-13-15-7-10-18(25-4-2)11-16(15)12-19(20)22/h5-13H,3-4H2,1-2H3. The molecule has 0 heterocycles. The quantitative estimate of drug-likeness (QED) is 0.531. The fourth-order valence-electron chi connectivity index (χ4n) is 2.69. The molecule has 3 aromatic rings. The second-order valence-corrected chi connectivity index (χ2v) is 5.89. The number of aryl methyl sites for hydroxylation is 1. The highest BCUT2D eigenvalue weighted by molar-refractivity contribution is 5.85. The predicted octanol–water partition coefficient (Wildman–Crippen LogP) is 6.07. The molecule has 0 amide bonds. The second-order valence-electron chi connectivity index (χ2n) is 5.89. The van der Waals surface area contributed by atoms with E-state index in [1.54, 1.807) is 30.3 Å². The zero-order valence-corrected chi connectivity index (χ0v) is 14.6. The monoisotopic (exact) mass is 360 g/mol. The van der Waals surface area contributed by atoms with E-state index in [-0.39, 0.29) is 5.56 Å². The van der Waals surface area contributed by atoms with Crippen LogP contribution >= 0.6 is 0 Å². The number of alkyl halides is 2. The van der Waals surface area contributed by atoms with Crippen molar-refractivity contribution in [1.82, 2.24) is 0 Å². The van der Waals surface area contributed by atoms with Crippen LogP contribution in [0, 0.1) is 5.82 Å². The van der Waals surface area contributed by atoms with Crippen molar-refractivity contribution in [3.8, 4) is 11.5 Å². The minimum absolute atomic E-state index is 0.319. The first-order valence-corrected chi connectivity index (χ1v) is 8.45. The average molecular weight is 360 g/mol. The normalized spacial score (nSPS) is 11.6. The van der Waals surface area contributed by atoms with Crippen molar-refractivity contribution >= 4 is 10.8 Å². The Bertz CT molecular complexity index is 905. The van der Waals surface area contributed by atoms with Gasteiger partial charge in [0.15, 0.2) is 11.6 Å². The van der Waals surface area contributed by atoms with Gasteiger partial charge in [-0.3, -0.25) is 0 Å². The molecule has 3 rings (SSSR count). The van der Waals surface area contributed by atoms with Crippen LogP contribution in [0.15, 0.2) is 54.6 Å². The molecule has 3 aromatic carbocycles. The highest BCUT2D eigenvalue weighted by Crippen LogP contribution is 2.35. The molecule has 0 radical (unpaired) electrons. The third-order valence-electron chi connectivity index (χ3n) is 4.11. The van der Waals surface area contributed by atoms with Gasteiger partial charge in [-0.15, -0.1) is 0 Å². The molecule has 136 valence electrons. The van der Waals surface area contributed by atoms with Gasteiger partial charge in [-0.2, -0.15) is 8.78 Å². The number of fused-ring (bicyclic) bond motifs is 1. The molecular weight excluding hydrogens is 341 g/mol. The summed E-state index contributed by atoms with van der Waals surface area (Å²) in [6.45, 7) is 4.26. The smallest absolute Gasteiger partial charge is 0.426 e. The zero-order valence-electron chi connectivity index (χ0n) is 14.6. The van der Waals surface area contributed by atoms with Crippen LogP contribution in [0.5, 0.6) is 11.5 Å². The number of hydrogen-bond donors (Lipinski definition) is 0. The van der Waals surface area contributed by atoms with Crippen molar-refractivity contribution in [1.29, 1.82) is 0 Å². The molecule has 0 N–H and O–H groups in total. The van der Waals surface area contributed by atoms with Crippen LogP contribution in [0.3, 0.4) is 0 Å². The summed E-state index contributed by atoms with van der Waals surface area (Å²) in [4.78, 5) is 0. The van der Waals surface area contributed by atoms with Gasteiger partial charge in [0.2, 0.25) is 0 Å². The molecule has 0 saturated carbocycles. The first kappa shape index (κ1) is 18.1. The lowest BCUT2D eigenvalue weighted by Gasteiger charge is -2.19. The maximum Gasteiger partial charge on any atom is 0.426 e. The summed E-state index contributed by atoms with van der Waals surface area (Å²) < 4.78 is 53.2. The predicted molar refractivity (Wildman–Crippen MR) is 95.4 cm³/mol. The molecule has 0 saturated heterocycles. The lowest BCUT2D eigenvalue weighted by Crippen LogP contribution is -2.22. The summed E-state index contributed by atoms with van der Waals surface area (Å²) >= 11 is 0. The maximum atomic E-state index is 14.4. The van der Waals surface area contributed by atoms with E-state index in [1.165, 1.54) is 24.3 Å². The van der Waals surface area contributed by atoms with Gasteiger partial charge in [0, 0.05) is 0 Å². The van der Waals surface area contributed by atoms with Crippen molar-refractivity contribution < 1.29 is 22.6 Å². The summed E-state index contributed by atoms with van der Waals surface area (Å²) in [7, 11) is 0. The number of halogens is 3. The Balaban J connectivity index is 1.91. The first-order chi connectivity index (χ1) is 12.4. The minimum Gasteiger partial charge on any atom is -0.494 e. The highest BCUT2D eigenvalue weighted by Gasteiger charge is 2.35. The molecule has 0 aliphatic carbocycles. The van der Waals surface area contributed by atoms with Gasteiger partial charge in [-0.25, -0.2) is 4.39 Å². The van der Waals surface area contributed by atoms with Crippen LogP contribution in [0.1, 0.15) is 25.0 Å².